The number of ether oxygens (including phenoxy) is 1. The number of carbonyl (C=O) groups excluding carboxylic acids is 1. The van der Waals surface area contributed by atoms with E-state index < -0.39 is 0 Å². The minimum absolute atomic E-state index is 0.129. The van der Waals surface area contributed by atoms with Crippen molar-refractivity contribution in [3.63, 3.8) is 0 Å². The molecule has 3 saturated carbocycles. The van der Waals surface area contributed by atoms with Gasteiger partial charge in [0, 0.05) is 0 Å². The topological polar surface area (TPSA) is 26.3 Å². The van der Waals surface area contributed by atoms with Crippen LogP contribution in [0.2, 0.25) is 0 Å². The number of hydrogen-bond acceptors (Lipinski definition) is 2. The fraction of sp³-hybridized carbons (Fsp3) is 0.947. The Morgan fingerprint density at radius 1 is 1.14 bits per heavy atom. The van der Waals surface area contributed by atoms with Crippen molar-refractivity contribution >= 4 is 5.97 Å². The maximum atomic E-state index is 12.8. The number of fused-ring (bicyclic) bond motifs is 2. The third-order valence-electron chi connectivity index (χ3n) is 6.82. The van der Waals surface area contributed by atoms with Crippen LogP contribution in [0.4, 0.5) is 0 Å². The number of carbonyl (C=O) groups is 1. The van der Waals surface area contributed by atoms with Gasteiger partial charge in [-0.1, -0.05) is 27.2 Å². The second-order valence-electron chi connectivity index (χ2n) is 8.61. The van der Waals surface area contributed by atoms with Crippen LogP contribution in [0, 0.1) is 35.5 Å². The average Bonchev–Trinajstić information content (AvgIpc) is 2.96. The minimum Gasteiger partial charge on any atom is -0.459 e. The first-order valence-electron chi connectivity index (χ1n) is 9.14. The Kier molecular flexibility index (Phi) is 4.09. The number of hydrogen-bond donors (Lipinski definition) is 0. The zero-order valence-electron chi connectivity index (χ0n) is 14.2. The summed E-state index contributed by atoms with van der Waals surface area (Å²) < 4.78 is 6.04. The fourth-order valence-corrected chi connectivity index (χ4v) is 5.76. The molecule has 3 aliphatic rings. The van der Waals surface area contributed by atoms with Gasteiger partial charge in [-0.05, 0) is 75.0 Å². The molecule has 0 spiro atoms. The molecule has 5 unspecified atom stereocenters. The van der Waals surface area contributed by atoms with Crippen molar-refractivity contribution in [3.8, 4) is 0 Å². The van der Waals surface area contributed by atoms with Gasteiger partial charge in [0.25, 0.3) is 0 Å². The molecular formula is C19H32O2. The first kappa shape index (κ1) is 15.4. The Hall–Kier alpha value is -0.530. The lowest BCUT2D eigenvalue weighted by Gasteiger charge is -2.38. The van der Waals surface area contributed by atoms with Gasteiger partial charge in [-0.15, -0.1) is 0 Å². The third kappa shape index (κ3) is 2.75. The van der Waals surface area contributed by atoms with E-state index in [1.54, 1.807) is 0 Å². The van der Waals surface area contributed by atoms with Crippen LogP contribution in [0.5, 0.6) is 0 Å². The molecule has 3 aliphatic carbocycles. The summed E-state index contributed by atoms with van der Waals surface area (Å²) in [5, 5.41) is 0. The van der Waals surface area contributed by atoms with Crippen molar-refractivity contribution in [1.29, 1.82) is 0 Å². The van der Waals surface area contributed by atoms with E-state index >= 15 is 0 Å². The highest BCUT2D eigenvalue weighted by atomic mass is 16.6. The van der Waals surface area contributed by atoms with Gasteiger partial charge in [0.15, 0.2) is 0 Å². The third-order valence-corrected chi connectivity index (χ3v) is 6.82. The molecular weight excluding hydrogens is 260 g/mol. The lowest BCUT2D eigenvalue weighted by atomic mass is 9.70. The van der Waals surface area contributed by atoms with Gasteiger partial charge in [0.1, 0.15) is 5.60 Å². The monoisotopic (exact) mass is 292 g/mol. The minimum atomic E-state index is -0.171. The molecule has 0 aromatic heterocycles. The van der Waals surface area contributed by atoms with Gasteiger partial charge in [0.2, 0.25) is 0 Å². The van der Waals surface area contributed by atoms with E-state index in [0.29, 0.717) is 11.8 Å². The zero-order chi connectivity index (χ0) is 15.2. The predicted molar refractivity (Wildman–Crippen MR) is 84.8 cm³/mol. The largest absolute Gasteiger partial charge is 0.459 e. The van der Waals surface area contributed by atoms with Crippen LogP contribution in [-0.4, -0.2) is 11.6 Å². The Morgan fingerprint density at radius 3 is 2.38 bits per heavy atom. The van der Waals surface area contributed by atoms with Gasteiger partial charge in [-0.25, -0.2) is 0 Å². The van der Waals surface area contributed by atoms with E-state index in [1.807, 2.05) is 0 Å². The highest BCUT2D eigenvalue weighted by Crippen LogP contribution is 2.57. The van der Waals surface area contributed by atoms with Crippen molar-refractivity contribution < 1.29 is 9.53 Å². The van der Waals surface area contributed by atoms with E-state index in [-0.39, 0.29) is 17.5 Å². The Bertz CT molecular complexity index is 394. The molecule has 2 bridgehead atoms. The second-order valence-corrected chi connectivity index (χ2v) is 8.61. The standard InChI is InChI=1S/C19H32O2/c1-12(2)17-13(3)14-10-15(17)16(11-14)18(20)21-19(4)8-6-5-7-9-19/h12-17H,5-11H2,1-4H3. The average molecular weight is 292 g/mol. The summed E-state index contributed by atoms with van der Waals surface area (Å²) in [4.78, 5) is 12.8. The molecule has 0 aromatic rings. The SMILES string of the molecule is CC(C)C1C(C)C2CC(C(=O)OC3(C)CCCCC3)C1C2. The lowest BCUT2D eigenvalue weighted by molar-refractivity contribution is -0.169. The van der Waals surface area contributed by atoms with Crippen molar-refractivity contribution in [2.75, 3.05) is 0 Å². The molecule has 0 aromatic carbocycles. The van der Waals surface area contributed by atoms with Gasteiger partial charge in [-0.2, -0.15) is 0 Å². The van der Waals surface area contributed by atoms with Gasteiger partial charge < -0.3 is 4.74 Å². The molecule has 5 atom stereocenters. The molecule has 0 saturated heterocycles. The van der Waals surface area contributed by atoms with Crippen LogP contribution in [0.1, 0.15) is 72.6 Å². The molecule has 2 heteroatoms. The summed E-state index contributed by atoms with van der Waals surface area (Å²) in [5.41, 5.74) is -0.171. The molecule has 2 nitrogen and oxygen atoms in total. The van der Waals surface area contributed by atoms with Gasteiger partial charge in [-0.3, -0.25) is 4.79 Å². The normalized spacial score (nSPS) is 41.5. The summed E-state index contributed by atoms with van der Waals surface area (Å²) in [6.07, 6.45) is 8.20. The second kappa shape index (κ2) is 5.59. The molecule has 3 rings (SSSR count). The lowest BCUT2D eigenvalue weighted by Crippen LogP contribution is -2.40. The van der Waals surface area contributed by atoms with Gasteiger partial charge in [0.05, 0.1) is 5.92 Å². The van der Waals surface area contributed by atoms with Crippen LogP contribution in [0.25, 0.3) is 0 Å². The van der Waals surface area contributed by atoms with E-state index in [1.165, 1.54) is 25.7 Å². The fourth-order valence-electron chi connectivity index (χ4n) is 5.76. The first-order chi connectivity index (χ1) is 9.91. The maximum Gasteiger partial charge on any atom is 0.309 e. The Balaban J connectivity index is 1.66. The summed E-state index contributed by atoms with van der Waals surface area (Å²) in [5.74, 6) is 3.88. The van der Waals surface area contributed by atoms with Crippen molar-refractivity contribution in [2.45, 2.75) is 78.2 Å². The van der Waals surface area contributed by atoms with Crippen LogP contribution in [0.3, 0.4) is 0 Å². The number of esters is 1. The van der Waals surface area contributed by atoms with Crippen LogP contribution >= 0.6 is 0 Å². The zero-order valence-corrected chi connectivity index (χ0v) is 14.2. The quantitative estimate of drug-likeness (QED) is 0.697. The summed E-state index contributed by atoms with van der Waals surface area (Å²) in [7, 11) is 0. The van der Waals surface area contributed by atoms with Crippen molar-refractivity contribution in [2.24, 2.45) is 35.5 Å². The highest BCUT2D eigenvalue weighted by Gasteiger charge is 2.54. The molecule has 0 radical (unpaired) electrons. The van der Waals surface area contributed by atoms with Crippen LogP contribution in [-0.2, 0) is 9.53 Å². The molecule has 0 amide bonds. The predicted octanol–water partition coefficient (Wildman–Crippen LogP) is 4.82. The molecule has 0 aliphatic heterocycles. The number of rotatable bonds is 3. The van der Waals surface area contributed by atoms with E-state index in [4.69, 9.17) is 4.74 Å². The summed E-state index contributed by atoms with van der Waals surface area (Å²) in [6, 6.07) is 0. The molecule has 120 valence electrons. The molecule has 0 N–H and O–H groups in total. The smallest absolute Gasteiger partial charge is 0.309 e. The highest BCUT2D eigenvalue weighted by molar-refractivity contribution is 5.74. The van der Waals surface area contributed by atoms with Crippen molar-refractivity contribution in [3.05, 3.63) is 0 Å². The molecule has 0 heterocycles. The van der Waals surface area contributed by atoms with Crippen LogP contribution in [0.15, 0.2) is 0 Å². The van der Waals surface area contributed by atoms with E-state index in [0.717, 1.165) is 37.0 Å². The van der Waals surface area contributed by atoms with Crippen molar-refractivity contribution in [1.82, 2.24) is 0 Å². The van der Waals surface area contributed by atoms with E-state index in [2.05, 4.69) is 27.7 Å². The van der Waals surface area contributed by atoms with E-state index in [9.17, 15) is 4.79 Å². The Morgan fingerprint density at radius 2 is 1.81 bits per heavy atom. The van der Waals surface area contributed by atoms with Crippen LogP contribution < -0.4 is 0 Å². The maximum absolute atomic E-state index is 12.8. The summed E-state index contributed by atoms with van der Waals surface area (Å²) >= 11 is 0. The summed E-state index contributed by atoms with van der Waals surface area (Å²) in [6.45, 7) is 9.21. The molecule has 21 heavy (non-hydrogen) atoms. The van der Waals surface area contributed by atoms with Gasteiger partial charge >= 0.3 is 5.97 Å². The Labute approximate surface area is 130 Å². The first-order valence-corrected chi connectivity index (χ1v) is 9.14. The molecule has 3 fully saturated rings.